The highest BCUT2D eigenvalue weighted by molar-refractivity contribution is 7.28. The molecule has 7 aromatic carbocycles. The largest absolute Gasteiger partial charge is 0.456 e. The SMILES string of the molecule is [B]c1c([B])c([B])c(-c2c([B])c([B])c([B])c3sc4c([B])c(-c5nc(-c6ccc(-c7ccccc7)cc6)nc(-c6ccc7c(c6)oc6ccccc67)n5)c([B])c([B])c4c23)c([B])c1[B]. The van der Waals surface area contributed by atoms with Gasteiger partial charge >= 0.3 is 0 Å². The molecule has 10 aromatic rings. The third-order valence-electron chi connectivity index (χ3n) is 11.3. The predicted molar refractivity (Wildman–Crippen MR) is 266 cm³/mol. The van der Waals surface area contributed by atoms with Gasteiger partial charge in [-0.1, -0.05) is 117 Å². The molecule has 0 unspecified atom stereocenters. The predicted octanol–water partition coefficient (Wildman–Crippen LogP) is -0.794. The van der Waals surface area contributed by atoms with Crippen molar-refractivity contribution in [3.8, 4) is 56.4 Å². The molecule has 0 aliphatic heterocycles. The van der Waals surface area contributed by atoms with E-state index in [-0.39, 0.29) is 77.0 Å². The number of benzene rings is 7. The molecule has 0 spiro atoms. The number of rotatable bonds is 5. The van der Waals surface area contributed by atoms with Crippen molar-refractivity contribution in [2.24, 2.45) is 0 Å². The van der Waals surface area contributed by atoms with Crippen molar-refractivity contribution in [1.82, 2.24) is 15.0 Å². The lowest BCUT2D eigenvalue weighted by Crippen LogP contribution is -2.56. The maximum absolute atomic E-state index is 7.16. The number of para-hydroxylation sites is 1. The van der Waals surface area contributed by atoms with Gasteiger partial charge in [-0.05, 0) is 45.8 Å². The molecular weight excluding hydrogens is 750 g/mol. The Balaban J connectivity index is 1.23. The first-order valence-corrected chi connectivity index (χ1v) is 19.7. The van der Waals surface area contributed by atoms with Crippen molar-refractivity contribution in [2.75, 3.05) is 0 Å². The zero-order valence-corrected chi connectivity index (χ0v) is 33.1. The Labute approximate surface area is 370 Å². The quantitative estimate of drug-likeness (QED) is 0.216. The van der Waals surface area contributed by atoms with E-state index < -0.39 is 0 Å². The lowest BCUT2D eigenvalue weighted by molar-refractivity contribution is 0.669. The Bertz CT molecular complexity index is 3470. The average Bonchev–Trinajstić information content (AvgIpc) is 3.87. The van der Waals surface area contributed by atoms with Crippen LogP contribution in [-0.2, 0) is 0 Å². The standard InChI is InChI=1S/C45H16B11N3OS/c46-30-25(27-31(47)36(52)39(55)37(53)32(27)48)26-28-33(49)34(50)29(35(51)42(28)61-41(26)40(56)38(30)54)45-58-43(19-12-10-18(11-13-19)17-6-2-1-3-7-17)57-44(59-45)20-14-15-22-21-8-4-5-9-23(21)60-24(22)16-20/h1-16H. The topological polar surface area (TPSA) is 51.8 Å². The number of hydrogen-bond acceptors (Lipinski definition) is 5. The minimum atomic E-state index is 0.0223. The lowest BCUT2D eigenvalue weighted by atomic mass is 9.58. The second-order valence-corrected chi connectivity index (χ2v) is 15.8. The minimum absolute atomic E-state index is 0.0223. The molecule has 0 N–H and O–H groups in total. The molecule has 22 radical (unpaired) electrons. The van der Waals surface area contributed by atoms with Crippen molar-refractivity contribution < 1.29 is 4.42 Å². The molecule has 16 heteroatoms. The van der Waals surface area contributed by atoms with E-state index in [2.05, 4.69) is 0 Å². The van der Waals surface area contributed by atoms with Gasteiger partial charge in [-0.2, -0.15) is 0 Å². The summed E-state index contributed by atoms with van der Waals surface area (Å²) in [6.07, 6.45) is 0. The van der Waals surface area contributed by atoms with Crippen LogP contribution in [0.5, 0.6) is 0 Å². The third kappa shape index (κ3) is 6.08. The summed E-state index contributed by atoms with van der Waals surface area (Å²) < 4.78 is 7.24. The molecule has 0 aliphatic carbocycles. The van der Waals surface area contributed by atoms with E-state index in [0.717, 1.165) is 33.0 Å². The summed E-state index contributed by atoms with van der Waals surface area (Å²) in [5.74, 6) is 0.896. The number of nitrogens with zero attached hydrogens (tertiary/aromatic N) is 3. The van der Waals surface area contributed by atoms with Crippen LogP contribution >= 0.6 is 11.3 Å². The summed E-state index contributed by atoms with van der Waals surface area (Å²) >= 11 is 1.23. The number of thiophene rings is 1. The summed E-state index contributed by atoms with van der Waals surface area (Å²) in [6.45, 7) is 0. The zero-order chi connectivity index (χ0) is 42.6. The lowest BCUT2D eigenvalue weighted by Gasteiger charge is -2.25. The molecular formula is C45H16B11N3OS. The Kier molecular flexibility index (Phi) is 9.52. The Morgan fingerprint density at radius 1 is 0.344 bits per heavy atom. The van der Waals surface area contributed by atoms with Crippen molar-refractivity contribution in [1.29, 1.82) is 0 Å². The number of fused-ring (bicyclic) bond motifs is 6. The second-order valence-electron chi connectivity index (χ2n) is 14.7. The molecule has 256 valence electrons. The molecule has 0 bridgehead atoms. The van der Waals surface area contributed by atoms with Crippen LogP contribution in [0.2, 0.25) is 0 Å². The Morgan fingerprint density at radius 2 is 0.836 bits per heavy atom. The fraction of sp³-hybridized carbons (Fsp3) is 0. The first-order chi connectivity index (χ1) is 29.3. The van der Waals surface area contributed by atoms with Gasteiger partial charge in [-0.15, -0.1) is 33.2 Å². The molecule has 10 rings (SSSR count). The van der Waals surface area contributed by atoms with Crippen LogP contribution in [0.4, 0.5) is 0 Å². The van der Waals surface area contributed by atoms with Crippen LogP contribution < -0.4 is 60.1 Å². The average molecular weight is 766 g/mol. The van der Waals surface area contributed by atoms with Crippen molar-refractivity contribution in [3.05, 3.63) is 97.1 Å². The second kappa shape index (κ2) is 14.7. The van der Waals surface area contributed by atoms with Gasteiger partial charge in [-0.3, -0.25) is 0 Å². The van der Waals surface area contributed by atoms with Gasteiger partial charge in [0.25, 0.3) is 0 Å². The molecule has 0 amide bonds. The maximum Gasteiger partial charge on any atom is 0.164 e. The molecule has 0 saturated carbocycles. The van der Waals surface area contributed by atoms with Crippen LogP contribution in [0, 0.1) is 0 Å². The Hall–Kier alpha value is -5.72. The van der Waals surface area contributed by atoms with Gasteiger partial charge in [0.15, 0.2) is 17.5 Å². The van der Waals surface area contributed by atoms with Crippen molar-refractivity contribution in [3.63, 3.8) is 0 Å². The van der Waals surface area contributed by atoms with Gasteiger partial charge in [0.1, 0.15) is 97.5 Å². The van der Waals surface area contributed by atoms with Crippen molar-refractivity contribution in [2.45, 2.75) is 0 Å². The first-order valence-electron chi connectivity index (χ1n) is 18.9. The fourth-order valence-corrected chi connectivity index (χ4v) is 9.30. The zero-order valence-electron chi connectivity index (χ0n) is 32.2. The molecule has 3 heterocycles. The summed E-state index contributed by atoms with van der Waals surface area (Å²) in [5.41, 5.74) is 6.67. The highest BCUT2D eigenvalue weighted by Crippen LogP contribution is 2.37. The Morgan fingerprint density at radius 3 is 1.54 bits per heavy atom. The van der Waals surface area contributed by atoms with Crippen molar-refractivity contribution >= 4 is 200 Å². The van der Waals surface area contributed by atoms with Gasteiger partial charge in [0, 0.05) is 42.2 Å². The number of hydrogen-bond donors (Lipinski definition) is 0. The van der Waals surface area contributed by atoms with E-state index in [9.17, 15) is 0 Å². The number of furan rings is 1. The van der Waals surface area contributed by atoms with E-state index in [1.54, 1.807) is 0 Å². The van der Waals surface area contributed by atoms with E-state index in [1.807, 2.05) is 97.1 Å². The summed E-state index contributed by atoms with van der Waals surface area (Å²) in [7, 11) is 73.2. The molecule has 61 heavy (non-hydrogen) atoms. The summed E-state index contributed by atoms with van der Waals surface area (Å²) in [4.78, 5) is 15.0. The molecule has 0 saturated heterocycles. The van der Waals surface area contributed by atoms with Gasteiger partial charge < -0.3 is 4.42 Å². The van der Waals surface area contributed by atoms with Crippen LogP contribution in [0.15, 0.2) is 101 Å². The van der Waals surface area contributed by atoms with E-state index in [4.69, 9.17) is 106 Å². The van der Waals surface area contributed by atoms with E-state index in [1.165, 1.54) is 11.3 Å². The molecule has 4 nitrogen and oxygen atoms in total. The molecule has 3 aromatic heterocycles. The summed E-state index contributed by atoms with van der Waals surface area (Å²) in [6, 6.07) is 31.7. The van der Waals surface area contributed by atoms with Gasteiger partial charge in [-0.25, -0.2) is 15.0 Å². The molecule has 0 atom stereocenters. The third-order valence-corrected chi connectivity index (χ3v) is 12.5. The minimum Gasteiger partial charge on any atom is -0.456 e. The fourth-order valence-electron chi connectivity index (χ4n) is 8.04. The smallest absolute Gasteiger partial charge is 0.164 e. The molecule has 0 aliphatic rings. The molecule has 0 fully saturated rings. The normalized spacial score (nSPS) is 11.7. The van der Waals surface area contributed by atoms with E-state index in [0.29, 0.717) is 48.5 Å². The van der Waals surface area contributed by atoms with Gasteiger partial charge in [0.05, 0.1) is 0 Å². The first kappa shape index (κ1) is 39.4. The highest BCUT2D eigenvalue weighted by Gasteiger charge is 2.26. The van der Waals surface area contributed by atoms with E-state index >= 15 is 0 Å². The number of aromatic nitrogens is 3. The van der Waals surface area contributed by atoms with Crippen LogP contribution in [0.3, 0.4) is 0 Å². The van der Waals surface area contributed by atoms with Crippen LogP contribution in [0.1, 0.15) is 0 Å². The highest BCUT2D eigenvalue weighted by atomic mass is 32.1. The van der Waals surface area contributed by atoms with Gasteiger partial charge in [0.2, 0.25) is 0 Å². The summed E-state index contributed by atoms with van der Waals surface area (Å²) in [5, 5.41) is 2.83. The monoisotopic (exact) mass is 767 g/mol. The maximum atomic E-state index is 7.16. The van der Waals surface area contributed by atoms with Crippen LogP contribution in [0.25, 0.3) is 98.5 Å². The van der Waals surface area contributed by atoms with Crippen LogP contribution in [-0.4, -0.2) is 101 Å².